The van der Waals surface area contributed by atoms with Gasteiger partial charge in [0.2, 0.25) is 5.78 Å². The van der Waals surface area contributed by atoms with Crippen molar-refractivity contribution in [2.75, 3.05) is 0 Å². The van der Waals surface area contributed by atoms with Gasteiger partial charge < -0.3 is 0 Å². The number of Topliss-reactive ketones (excluding diaryl/α,β-unsaturated/α-hetero) is 1. The maximum absolute atomic E-state index is 13.5. The van der Waals surface area contributed by atoms with Gasteiger partial charge in [-0.2, -0.15) is 5.10 Å². The number of aryl methyl sites for hydroxylation is 1. The summed E-state index contributed by atoms with van der Waals surface area (Å²) in [5.41, 5.74) is 0.871. The monoisotopic (exact) mass is 297 g/mol. The van der Waals surface area contributed by atoms with Gasteiger partial charge in [-0.1, -0.05) is 27.6 Å². The minimum Gasteiger partial charge on any atom is -0.291 e. The first kappa shape index (κ1) is 11.9. The molecule has 17 heavy (non-hydrogen) atoms. The Morgan fingerprint density at radius 3 is 2.94 bits per heavy atom. The van der Waals surface area contributed by atoms with E-state index in [1.807, 2.05) is 0 Å². The molecule has 0 saturated carbocycles. The molecule has 0 bridgehead atoms. The summed E-state index contributed by atoms with van der Waals surface area (Å²) in [7, 11) is 0. The zero-order valence-corrected chi connectivity index (χ0v) is 10.6. The average molecular weight is 298 g/mol. The highest BCUT2D eigenvalue weighted by molar-refractivity contribution is 9.09. The van der Waals surface area contributed by atoms with E-state index in [2.05, 4.69) is 26.0 Å². The Kier molecular flexibility index (Phi) is 3.33. The third-order valence-electron chi connectivity index (χ3n) is 2.27. The van der Waals surface area contributed by atoms with E-state index in [-0.39, 0.29) is 5.56 Å². The standard InChI is InChI=1S/C11H9BrFN3O/c1-7-2-3-9(13)8(4-7)10(17)11(12)16-6-14-5-15-16/h2-6,11H,1H3. The summed E-state index contributed by atoms with van der Waals surface area (Å²) in [5, 5.41) is 3.83. The van der Waals surface area contributed by atoms with E-state index < -0.39 is 16.6 Å². The molecule has 1 unspecified atom stereocenters. The molecule has 4 nitrogen and oxygen atoms in total. The van der Waals surface area contributed by atoms with E-state index >= 15 is 0 Å². The average Bonchev–Trinajstić information content (AvgIpc) is 2.84. The van der Waals surface area contributed by atoms with Crippen molar-refractivity contribution in [3.63, 3.8) is 0 Å². The summed E-state index contributed by atoms with van der Waals surface area (Å²) in [6.07, 6.45) is 2.71. The minimum atomic E-state index is -0.749. The molecular weight excluding hydrogens is 289 g/mol. The Morgan fingerprint density at radius 1 is 1.53 bits per heavy atom. The zero-order chi connectivity index (χ0) is 12.4. The molecule has 2 rings (SSSR count). The van der Waals surface area contributed by atoms with Gasteiger partial charge in [0.15, 0.2) is 4.95 Å². The molecule has 0 radical (unpaired) electrons. The quantitative estimate of drug-likeness (QED) is 0.646. The van der Waals surface area contributed by atoms with Gasteiger partial charge in [0.1, 0.15) is 18.5 Å². The molecule has 0 N–H and O–H groups in total. The molecule has 2 aromatic rings. The van der Waals surface area contributed by atoms with Crippen LogP contribution in [0.25, 0.3) is 0 Å². The SMILES string of the molecule is Cc1ccc(F)c(C(=O)C(Br)n2cncn2)c1. The number of aromatic nitrogens is 3. The van der Waals surface area contributed by atoms with Crippen LogP contribution in [0.4, 0.5) is 4.39 Å². The Bertz CT molecular complexity index is 542. The number of carbonyl (C=O) groups excluding carboxylic acids is 1. The second kappa shape index (κ2) is 4.75. The highest BCUT2D eigenvalue weighted by Gasteiger charge is 2.22. The predicted octanol–water partition coefficient (Wildman–Crippen LogP) is 2.50. The first-order valence-electron chi connectivity index (χ1n) is 4.88. The third kappa shape index (κ3) is 2.41. The lowest BCUT2D eigenvalue weighted by Crippen LogP contribution is -2.16. The number of carbonyl (C=O) groups is 1. The largest absolute Gasteiger partial charge is 0.291 e. The van der Waals surface area contributed by atoms with Gasteiger partial charge in [-0.05, 0) is 19.1 Å². The Morgan fingerprint density at radius 2 is 2.29 bits per heavy atom. The van der Waals surface area contributed by atoms with Gasteiger partial charge in [-0.15, -0.1) is 0 Å². The van der Waals surface area contributed by atoms with Crippen LogP contribution in [0, 0.1) is 12.7 Å². The Balaban J connectivity index is 2.34. The van der Waals surface area contributed by atoms with Gasteiger partial charge in [0, 0.05) is 0 Å². The molecule has 0 fully saturated rings. The number of halogens is 2. The second-order valence-corrected chi connectivity index (χ2v) is 4.43. The van der Waals surface area contributed by atoms with Crippen molar-refractivity contribution >= 4 is 21.7 Å². The van der Waals surface area contributed by atoms with E-state index in [0.717, 1.165) is 5.56 Å². The van der Waals surface area contributed by atoms with E-state index in [4.69, 9.17) is 0 Å². The molecule has 1 atom stereocenters. The minimum absolute atomic E-state index is 0.0439. The number of hydrogen-bond donors (Lipinski definition) is 0. The first-order valence-corrected chi connectivity index (χ1v) is 5.79. The van der Waals surface area contributed by atoms with Crippen molar-refractivity contribution in [2.45, 2.75) is 11.9 Å². The third-order valence-corrected chi connectivity index (χ3v) is 3.11. The first-order chi connectivity index (χ1) is 8.09. The molecule has 6 heteroatoms. The number of nitrogens with zero attached hydrogens (tertiary/aromatic N) is 3. The molecule has 0 saturated heterocycles. The van der Waals surface area contributed by atoms with Gasteiger partial charge in [0.05, 0.1) is 5.56 Å². The van der Waals surface area contributed by atoms with Gasteiger partial charge in [0.25, 0.3) is 0 Å². The molecule has 0 aliphatic heterocycles. The normalized spacial score (nSPS) is 12.4. The van der Waals surface area contributed by atoms with Crippen LogP contribution in [0.2, 0.25) is 0 Å². The van der Waals surface area contributed by atoms with Gasteiger partial charge >= 0.3 is 0 Å². The van der Waals surface area contributed by atoms with Crippen molar-refractivity contribution in [2.24, 2.45) is 0 Å². The number of alkyl halides is 1. The van der Waals surface area contributed by atoms with E-state index in [0.29, 0.717) is 0 Å². The molecule has 0 aliphatic rings. The second-order valence-electron chi connectivity index (χ2n) is 3.56. The molecule has 0 aliphatic carbocycles. The lowest BCUT2D eigenvalue weighted by molar-refractivity contribution is 0.0961. The van der Waals surface area contributed by atoms with Crippen LogP contribution in [-0.4, -0.2) is 20.5 Å². The fourth-order valence-corrected chi connectivity index (χ4v) is 1.87. The molecular formula is C11H9BrFN3O. The number of benzene rings is 1. The van der Waals surface area contributed by atoms with Crippen LogP contribution in [0.1, 0.15) is 20.9 Å². The molecule has 1 heterocycles. The fraction of sp³-hybridized carbons (Fsp3) is 0.182. The van der Waals surface area contributed by atoms with Crippen molar-refractivity contribution in [3.05, 3.63) is 47.8 Å². The summed E-state index contributed by atoms with van der Waals surface area (Å²) >= 11 is 3.17. The van der Waals surface area contributed by atoms with Crippen molar-refractivity contribution in [3.8, 4) is 0 Å². The van der Waals surface area contributed by atoms with Crippen LogP contribution in [0.15, 0.2) is 30.9 Å². The van der Waals surface area contributed by atoms with E-state index in [1.54, 1.807) is 13.0 Å². The van der Waals surface area contributed by atoms with Crippen LogP contribution in [0.3, 0.4) is 0 Å². The van der Waals surface area contributed by atoms with E-state index in [1.165, 1.54) is 29.5 Å². The van der Waals surface area contributed by atoms with Gasteiger partial charge in [-0.25, -0.2) is 14.1 Å². The molecule has 1 aromatic carbocycles. The van der Waals surface area contributed by atoms with Crippen LogP contribution in [-0.2, 0) is 0 Å². The Labute approximate surface area is 106 Å². The summed E-state index contributed by atoms with van der Waals surface area (Å²) in [6.45, 7) is 1.80. The summed E-state index contributed by atoms with van der Waals surface area (Å²) in [4.78, 5) is 15.0. The number of hydrogen-bond acceptors (Lipinski definition) is 3. The highest BCUT2D eigenvalue weighted by atomic mass is 79.9. The molecule has 0 spiro atoms. The maximum atomic E-state index is 13.5. The van der Waals surface area contributed by atoms with E-state index in [9.17, 15) is 9.18 Å². The summed E-state index contributed by atoms with van der Waals surface area (Å²) in [5.74, 6) is -0.929. The predicted molar refractivity (Wildman–Crippen MR) is 63.5 cm³/mol. The zero-order valence-electron chi connectivity index (χ0n) is 8.97. The number of ketones is 1. The van der Waals surface area contributed by atoms with Crippen molar-refractivity contribution < 1.29 is 9.18 Å². The Hall–Kier alpha value is -1.56. The van der Waals surface area contributed by atoms with Crippen molar-refractivity contribution in [1.82, 2.24) is 14.8 Å². The maximum Gasteiger partial charge on any atom is 0.201 e. The van der Waals surface area contributed by atoms with Gasteiger partial charge in [-0.3, -0.25) is 4.79 Å². The molecule has 0 amide bonds. The molecule has 88 valence electrons. The topological polar surface area (TPSA) is 47.8 Å². The van der Waals surface area contributed by atoms with Crippen LogP contribution >= 0.6 is 15.9 Å². The highest BCUT2D eigenvalue weighted by Crippen LogP contribution is 2.22. The summed E-state index contributed by atoms with van der Waals surface area (Å²) < 4.78 is 14.9. The lowest BCUT2D eigenvalue weighted by Gasteiger charge is -2.09. The van der Waals surface area contributed by atoms with Crippen molar-refractivity contribution in [1.29, 1.82) is 0 Å². The summed E-state index contributed by atoms with van der Waals surface area (Å²) in [6, 6.07) is 4.41. The molecule has 1 aromatic heterocycles. The lowest BCUT2D eigenvalue weighted by atomic mass is 10.1. The fourth-order valence-electron chi connectivity index (χ4n) is 1.41. The van der Waals surface area contributed by atoms with Crippen LogP contribution < -0.4 is 0 Å². The number of rotatable bonds is 3. The van der Waals surface area contributed by atoms with Crippen LogP contribution in [0.5, 0.6) is 0 Å². The smallest absolute Gasteiger partial charge is 0.201 e.